The van der Waals surface area contributed by atoms with Crippen LogP contribution in [0.2, 0.25) is 0 Å². The summed E-state index contributed by atoms with van der Waals surface area (Å²) in [5.41, 5.74) is 10.2. The van der Waals surface area contributed by atoms with Gasteiger partial charge in [-0.2, -0.15) is 0 Å². The number of aromatic nitrogens is 1. The zero-order valence-corrected chi connectivity index (χ0v) is 16.1. The molecule has 0 aliphatic carbocycles. The molecule has 0 saturated carbocycles. The van der Waals surface area contributed by atoms with Crippen LogP contribution in [0.4, 0.5) is 0 Å². The molecule has 0 radical (unpaired) electrons. The van der Waals surface area contributed by atoms with Crippen molar-refractivity contribution in [2.75, 3.05) is 6.54 Å². The van der Waals surface area contributed by atoms with E-state index in [0.717, 1.165) is 9.54 Å². The number of aliphatic hydroxyl groups is 1. The zero-order valence-electron chi connectivity index (χ0n) is 13.7. The number of azide groups is 1. The highest BCUT2D eigenvalue weighted by molar-refractivity contribution is 9.10. The summed E-state index contributed by atoms with van der Waals surface area (Å²) < 4.78 is 28.1. The Hall–Kier alpha value is -2.32. The molecular formula is C17H15BrN4O3S. The number of nitrogens with zero attached hydrogens (tertiary/aromatic N) is 4. The fraction of sp³-hybridized carbons (Fsp3) is 0.176. The SMILES string of the molecule is Cc1ccc(S(=O)(=O)n2cc([C@@H](O)CN=[N+]=[N-])c3ccc(Br)cc32)cc1. The fourth-order valence-corrected chi connectivity index (χ4v) is 4.42. The van der Waals surface area contributed by atoms with Crippen LogP contribution in [0.1, 0.15) is 17.2 Å². The molecule has 26 heavy (non-hydrogen) atoms. The molecule has 3 rings (SSSR count). The summed E-state index contributed by atoms with van der Waals surface area (Å²) in [6.07, 6.45) is 0.271. The van der Waals surface area contributed by atoms with E-state index in [1.54, 1.807) is 42.5 Å². The predicted octanol–water partition coefficient (Wildman–Crippen LogP) is 4.29. The number of aliphatic hydroxyl groups excluding tert-OH is 1. The third-order valence-electron chi connectivity index (χ3n) is 4.02. The van der Waals surface area contributed by atoms with E-state index in [2.05, 4.69) is 26.0 Å². The maximum Gasteiger partial charge on any atom is 0.268 e. The summed E-state index contributed by atoms with van der Waals surface area (Å²) in [6.45, 7) is 1.69. The molecule has 0 aliphatic heterocycles. The molecule has 1 aromatic heterocycles. The Balaban J connectivity index is 2.24. The van der Waals surface area contributed by atoms with Gasteiger partial charge in [-0.05, 0) is 36.7 Å². The van der Waals surface area contributed by atoms with Crippen LogP contribution in [0.25, 0.3) is 21.3 Å². The van der Waals surface area contributed by atoms with Crippen molar-refractivity contribution in [2.45, 2.75) is 17.9 Å². The zero-order chi connectivity index (χ0) is 18.9. The minimum atomic E-state index is -3.85. The molecule has 9 heteroatoms. The van der Waals surface area contributed by atoms with Gasteiger partial charge in [0.05, 0.1) is 23.1 Å². The van der Waals surface area contributed by atoms with Crippen LogP contribution in [-0.4, -0.2) is 24.0 Å². The fourth-order valence-electron chi connectivity index (χ4n) is 2.70. The van der Waals surface area contributed by atoms with Crippen molar-refractivity contribution >= 4 is 36.9 Å². The first-order valence-corrected chi connectivity index (χ1v) is 9.89. The van der Waals surface area contributed by atoms with Gasteiger partial charge in [0.15, 0.2) is 0 Å². The molecular weight excluding hydrogens is 420 g/mol. The second-order valence-electron chi connectivity index (χ2n) is 5.79. The van der Waals surface area contributed by atoms with Crippen molar-refractivity contribution in [3.8, 4) is 0 Å². The Morgan fingerprint density at radius 3 is 2.62 bits per heavy atom. The Bertz CT molecular complexity index is 1120. The molecule has 134 valence electrons. The van der Waals surface area contributed by atoms with Crippen LogP contribution < -0.4 is 0 Å². The van der Waals surface area contributed by atoms with E-state index in [1.165, 1.54) is 6.20 Å². The highest BCUT2D eigenvalue weighted by Gasteiger charge is 2.23. The number of halogens is 1. The van der Waals surface area contributed by atoms with Crippen LogP contribution >= 0.6 is 15.9 Å². The van der Waals surface area contributed by atoms with E-state index < -0.39 is 16.1 Å². The highest BCUT2D eigenvalue weighted by atomic mass is 79.9. The van der Waals surface area contributed by atoms with Gasteiger partial charge in [-0.1, -0.05) is 44.8 Å². The van der Waals surface area contributed by atoms with Crippen LogP contribution in [0, 0.1) is 6.92 Å². The molecule has 1 N–H and O–H groups in total. The van der Waals surface area contributed by atoms with Gasteiger partial charge in [0.1, 0.15) is 0 Å². The van der Waals surface area contributed by atoms with Crippen molar-refractivity contribution in [3.63, 3.8) is 0 Å². The number of fused-ring (bicyclic) bond motifs is 1. The Labute approximate surface area is 158 Å². The normalized spacial score (nSPS) is 12.7. The molecule has 0 aliphatic rings. The van der Waals surface area contributed by atoms with E-state index in [1.807, 2.05) is 6.92 Å². The molecule has 2 aromatic carbocycles. The molecule has 1 heterocycles. The molecule has 0 spiro atoms. The monoisotopic (exact) mass is 434 g/mol. The molecule has 3 aromatic rings. The minimum absolute atomic E-state index is 0.149. The topological polar surface area (TPSA) is 108 Å². The number of benzene rings is 2. The standard InChI is InChI=1S/C17H15BrN4O3S/c1-11-2-5-13(6-3-11)26(24,25)22-10-15(17(23)9-20-21-19)14-7-4-12(18)8-16(14)22/h2-8,10,17,23H,9H2,1H3/t17-/m0/s1. The summed E-state index contributed by atoms with van der Waals surface area (Å²) in [6, 6.07) is 11.7. The van der Waals surface area contributed by atoms with E-state index in [4.69, 9.17) is 5.53 Å². The average Bonchev–Trinajstić information content (AvgIpc) is 2.99. The predicted molar refractivity (Wildman–Crippen MR) is 102 cm³/mol. The third-order valence-corrected chi connectivity index (χ3v) is 6.20. The van der Waals surface area contributed by atoms with Crippen molar-refractivity contribution in [3.05, 3.63) is 74.7 Å². The molecule has 1 atom stereocenters. The first-order chi connectivity index (χ1) is 12.3. The molecule has 0 amide bonds. The van der Waals surface area contributed by atoms with Gasteiger partial charge in [-0.3, -0.25) is 0 Å². The molecule has 0 saturated heterocycles. The highest BCUT2D eigenvalue weighted by Crippen LogP contribution is 2.32. The van der Waals surface area contributed by atoms with E-state index in [9.17, 15) is 13.5 Å². The molecule has 7 nitrogen and oxygen atoms in total. The van der Waals surface area contributed by atoms with Gasteiger partial charge in [-0.15, -0.1) is 0 Å². The second-order valence-corrected chi connectivity index (χ2v) is 8.52. The quantitative estimate of drug-likeness (QED) is 0.367. The van der Waals surface area contributed by atoms with Gasteiger partial charge >= 0.3 is 0 Å². The minimum Gasteiger partial charge on any atom is -0.388 e. The van der Waals surface area contributed by atoms with Gasteiger partial charge in [0, 0.05) is 26.5 Å². The summed E-state index contributed by atoms with van der Waals surface area (Å²) in [7, 11) is -3.85. The maximum atomic E-state index is 13.1. The van der Waals surface area contributed by atoms with Crippen molar-refractivity contribution in [2.24, 2.45) is 5.11 Å². The number of hydrogen-bond acceptors (Lipinski definition) is 4. The van der Waals surface area contributed by atoms with E-state index >= 15 is 0 Å². The largest absolute Gasteiger partial charge is 0.388 e. The van der Waals surface area contributed by atoms with Crippen LogP contribution in [0.15, 0.2) is 63.1 Å². The maximum absolute atomic E-state index is 13.1. The Kier molecular flexibility index (Phi) is 5.06. The number of hydrogen-bond donors (Lipinski definition) is 1. The van der Waals surface area contributed by atoms with Crippen LogP contribution in [-0.2, 0) is 10.0 Å². The van der Waals surface area contributed by atoms with Crippen molar-refractivity contribution in [1.29, 1.82) is 0 Å². The van der Waals surface area contributed by atoms with Gasteiger partial charge in [0.2, 0.25) is 0 Å². The summed E-state index contributed by atoms with van der Waals surface area (Å²) in [5.74, 6) is 0. The molecule has 0 fully saturated rings. The lowest BCUT2D eigenvalue weighted by Crippen LogP contribution is -2.12. The van der Waals surface area contributed by atoms with Gasteiger partial charge in [0.25, 0.3) is 10.0 Å². The van der Waals surface area contributed by atoms with Gasteiger partial charge < -0.3 is 5.11 Å². The lowest BCUT2D eigenvalue weighted by atomic mass is 10.1. The number of rotatable bonds is 5. The van der Waals surface area contributed by atoms with E-state index in [-0.39, 0.29) is 11.4 Å². The summed E-state index contributed by atoms with van der Waals surface area (Å²) in [4.78, 5) is 2.79. The first-order valence-electron chi connectivity index (χ1n) is 7.66. The second kappa shape index (κ2) is 7.13. The Morgan fingerprint density at radius 2 is 1.96 bits per heavy atom. The molecule has 0 bridgehead atoms. The van der Waals surface area contributed by atoms with Crippen LogP contribution in [0.5, 0.6) is 0 Å². The average molecular weight is 435 g/mol. The smallest absolute Gasteiger partial charge is 0.268 e. The van der Waals surface area contributed by atoms with Crippen LogP contribution in [0.3, 0.4) is 0 Å². The lowest BCUT2D eigenvalue weighted by molar-refractivity contribution is 0.188. The van der Waals surface area contributed by atoms with Crippen molar-refractivity contribution in [1.82, 2.24) is 3.97 Å². The van der Waals surface area contributed by atoms with Gasteiger partial charge in [-0.25, -0.2) is 12.4 Å². The third kappa shape index (κ3) is 3.34. The summed E-state index contributed by atoms with van der Waals surface area (Å²) >= 11 is 3.35. The van der Waals surface area contributed by atoms with E-state index in [0.29, 0.717) is 20.9 Å². The number of aryl methyl sites for hydroxylation is 1. The summed E-state index contributed by atoms with van der Waals surface area (Å²) in [5, 5.41) is 14.3. The first kappa shape index (κ1) is 18.5. The molecule has 0 unspecified atom stereocenters. The lowest BCUT2D eigenvalue weighted by Gasteiger charge is -2.08. The Morgan fingerprint density at radius 1 is 1.27 bits per heavy atom. The van der Waals surface area contributed by atoms with Crippen molar-refractivity contribution < 1.29 is 13.5 Å².